The van der Waals surface area contributed by atoms with Crippen molar-refractivity contribution in [2.24, 2.45) is 17.1 Å². The molecule has 0 radical (unpaired) electrons. The van der Waals surface area contributed by atoms with Crippen molar-refractivity contribution in [3.8, 4) is 0 Å². The van der Waals surface area contributed by atoms with Crippen molar-refractivity contribution in [1.82, 2.24) is 9.80 Å². The van der Waals surface area contributed by atoms with Gasteiger partial charge in [-0.1, -0.05) is 20.8 Å². The number of nitrogens with two attached hydrogens (primary N) is 1. The number of nitrogens with zero attached hydrogens (tertiary/aromatic N) is 2. The van der Waals surface area contributed by atoms with Crippen LogP contribution in [0.2, 0.25) is 0 Å². The molecule has 0 aromatic carbocycles. The largest absolute Gasteiger partial charge is 0.377 e. The Bertz CT molecular complexity index is 345. The van der Waals surface area contributed by atoms with Gasteiger partial charge in [0.1, 0.15) is 0 Å². The first-order chi connectivity index (χ1) is 9.83. The van der Waals surface area contributed by atoms with E-state index in [-0.39, 0.29) is 11.0 Å². The molecule has 4 nitrogen and oxygen atoms in total. The molecule has 1 heterocycles. The van der Waals surface area contributed by atoms with Crippen LogP contribution < -0.4 is 5.73 Å². The van der Waals surface area contributed by atoms with Gasteiger partial charge in [-0.05, 0) is 53.0 Å². The Morgan fingerprint density at radius 1 is 1.24 bits per heavy atom. The fourth-order valence-corrected chi connectivity index (χ4v) is 4.32. The molecule has 2 aliphatic rings. The lowest BCUT2D eigenvalue weighted by Gasteiger charge is -2.67. The number of rotatable bonds is 7. The lowest BCUT2D eigenvalue weighted by atomic mass is 9.46. The summed E-state index contributed by atoms with van der Waals surface area (Å²) in [5.41, 5.74) is 6.91. The molecular formula is C17H35N3O. The maximum Gasteiger partial charge on any atom is 0.0690 e. The van der Waals surface area contributed by atoms with Gasteiger partial charge in [0, 0.05) is 30.0 Å². The molecule has 124 valence electrons. The minimum Gasteiger partial charge on any atom is -0.377 e. The van der Waals surface area contributed by atoms with Crippen molar-refractivity contribution < 1.29 is 4.74 Å². The molecule has 21 heavy (non-hydrogen) atoms. The zero-order chi connectivity index (χ0) is 15.7. The first-order valence-corrected chi connectivity index (χ1v) is 8.60. The van der Waals surface area contributed by atoms with Crippen molar-refractivity contribution in [3.63, 3.8) is 0 Å². The zero-order valence-electron chi connectivity index (χ0n) is 14.7. The Morgan fingerprint density at radius 3 is 2.57 bits per heavy atom. The molecule has 1 aliphatic carbocycles. The van der Waals surface area contributed by atoms with Gasteiger partial charge in [-0.15, -0.1) is 0 Å². The lowest BCUT2D eigenvalue weighted by molar-refractivity contribution is -0.232. The van der Waals surface area contributed by atoms with Gasteiger partial charge in [0.25, 0.3) is 0 Å². The van der Waals surface area contributed by atoms with Gasteiger partial charge in [0.05, 0.1) is 6.10 Å². The Morgan fingerprint density at radius 2 is 1.95 bits per heavy atom. The summed E-state index contributed by atoms with van der Waals surface area (Å²) < 4.78 is 6.01. The van der Waals surface area contributed by atoms with E-state index in [1.165, 1.54) is 19.3 Å². The van der Waals surface area contributed by atoms with Gasteiger partial charge in [-0.2, -0.15) is 0 Å². The van der Waals surface area contributed by atoms with Crippen molar-refractivity contribution >= 4 is 0 Å². The molecule has 1 saturated carbocycles. The van der Waals surface area contributed by atoms with Gasteiger partial charge in [0.2, 0.25) is 0 Å². The number of hydrogen-bond donors (Lipinski definition) is 1. The maximum absolute atomic E-state index is 6.91. The monoisotopic (exact) mass is 297 g/mol. The Balaban J connectivity index is 1.95. The number of fused-ring (bicyclic) bond motifs is 1. The van der Waals surface area contributed by atoms with E-state index in [4.69, 9.17) is 10.5 Å². The van der Waals surface area contributed by atoms with Gasteiger partial charge in [0.15, 0.2) is 0 Å². The highest BCUT2D eigenvalue weighted by atomic mass is 16.5. The van der Waals surface area contributed by atoms with Crippen LogP contribution in [0.15, 0.2) is 0 Å². The van der Waals surface area contributed by atoms with Crippen LogP contribution in [0.1, 0.15) is 40.0 Å². The molecule has 3 atom stereocenters. The molecular weight excluding hydrogens is 262 g/mol. The van der Waals surface area contributed by atoms with Crippen LogP contribution in [0.4, 0.5) is 0 Å². The summed E-state index contributed by atoms with van der Waals surface area (Å²) in [7, 11) is 4.28. The molecule has 2 fully saturated rings. The highest BCUT2D eigenvalue weighted by molar-refractivity contribution is 5.20. The van der Waals surface area contributed by atoms with E-state index in [0.29, 0.717) is 12.0 Å². The van der Waals surface area contributed by atoms with E-state index in [2.05, 4.69) is 44.7 Å². The summed E-state index contributed by atoms with van der Waals surface area (Å²) in [5.74, 6) is 0.546. The average Bonchev–Trinajstić information content (AvgIpc) is 2.45. The van der Waals surface area contributed by atoms with E-state index < -0.39 is 0 Å². The van der Waals surface area contributed by atoms with E-state index in [0.717, 1.165) is 32.8 Å². The van der Waals surface area contributed by atoms with Gasteiger partial charge < -0.3 is 20.3 Å². The molecule has 0 spiro atoms. The SMILES string of the molecule is CCN(CCCN(C)C)CC1(N)C2CCCOC2C1(C)C. The van der Waals surface area contributed by atoms with Crippen LogP contribution in [0.5, 0.6) is 0 Å². The fraction of sp³-hybridized carbons (Fsp3) is 1.00. The van der Waals surface area contributed by atoms with E-state index in [1.54, 1.807) is 0 Å². The van der Waals surface area contributed by atoms with Crippen LogP contribution in [0.3, 0.4) is 0 Å². The molecule has 2 N–H and O–H groups in total. The second kappa shape index (κ2) is 6.53. The fourth-order valence-electron chi connectivity index (χ4n) is 4.32. The quantitative estimate of drug-likeness (QED) is 0.778. The second-order valence-electron chi connectivity index (χ2n) is 7.83. The third-order valence-corrected chi connectivity index (χ3v) is 5.91. The molecule has 1 aliphatic heterocycles. The normalized spacial score (nSPS) is 34.9. The molecule has 0 aromatic heterocycles. The molecule has 0 bridgehead atoms. The molecule has 2 rings (SSSR count). The van der Waals surface area contributed by atoms with Crippen molar-refractivity contribution in [2.75, 3.05) is 46.9 Å². The van der Waals surface area contributed by atoms with Crippen molar-refractivity contribution in [1.29, 1.82) is 0 Å². The predicted octanol–water partition coefficient (Wildman–Crippen LogP) is 1.79. The third kappa shape index (κ3) is 3.14. The predicted molar refractivity (Wildman–Crippen MR) is 88.4 cm³/mol. The number of ether oxygens (including phenoxy) is 1. The summed E-state index contributed by atoms with van der Waals surface area (Å²) >= 11 is 0. The zero-order valence-corrected chi connectivity index (χ0v) is 14.7. The van der Waals surface area contributed by atoms with Crippen LogP contribution >= 0.6 is 0 Å². The molecule has 3 unspecified atom stereocenters. The Kier molecular flexibility index (Phi) is 5.35. The van der Waals surface area contributed by atoms with Crippen LogP contribution in [-0.4, -0.2) is 68.3 Å². The molecule has 4 heteroatoms. The lowest BCUT2D eigenvalue weighted by Crippen LogP contribution is -2.80. The van der Waals surface area contributed by atoms with E-state index >= 15 is 0 Å². The van der Waals surface area contributed by atoms with E-state index in [1.807, 2.05) is 0 Å². The molecule has 0 amide bonds. The minimum absolute atomic E-state index is 0.0903. The van der Waals surface area contributed by atoms with Crippen molar-refractivity contribution in [2.45, 2.75) is 51.7 Å². The first-order valence-electron chi connectivity index (χ1n) is 8.60. The molecule has 0 aromatic rings. The summed E-state index contributed by atoms with van der Waals surface area (Å²) in [6.45, 7) is 12.1. The highest BCUT2D eigenvalue weighted by Gasteiger charge is 2.66. The van der Waals surface area contributed by atoms with Crippen LogP contribution in [0.25, 0.3) is 0 Å². The maximum atomic E-state index is 6.91. The van der Waals surface area contributed by atoms with Gasteiger partial charge in [-0.3, -0.25) is 0 Å². The highest BCUT2D eigenvalue weighted by Crippen LogP contribution is 2.57. The first kappa shape index (κ1) is 17.2. The van der Waals surface area contributed by atoms with Crippen LogP contribution in [0, 0.1) is 11.3 Å². The summed E-state index contributed by atoms with van der Waals surface area (Å²) in [4.78, 5) is 4.79. The van der Waals surface area contributed by atoms with Crippen molar-refractivity contribution in [3.05, 3.63) is 0 Å². The summed E-state index contributed by atoms with van der Waals surface area (Å²) in [6, 6.07) is 0. The standard InChI is InChI=1S/C17H35N3O/c1-6-20(11-8-10-19(4)5)13-17(18)14-9-7-12-21-15(14)16(17,2)3/h14-15H,6-13,18H2,1-5H3. The Hall–Kier alpha value is -0.160. The number of likely N-dealkylation sites (N-methyl/N-ethyl adjacent to an activating group) is 1. The third-order valence-electron chi connectivity index (χ3n) is 5.91. The topological polar surface area (TPSA) is 41.7 Å². The Labute approximate surface area is 131 Å². The second-order valence-corrected chi connectivity index (χ2v) is 7.83. The number of hydrogen-bond acceptors (Lipinski definition) is 4. The average molecular weight is 297 g/mol. The minimum atomic E-state index is -0.0911. The van der Waals surface area contributed by atoms with Gasteiger partial charge in [-0.25, -0.2) is 0 Å². The molecule has 1 saturated heterocycles. The van der Waals surface area contributed by atoms with Crippen LogP contribution in [-0.2, 0) is 4.74 Å². The summed E-state index contributed by atoms with van der Waals surface area (Å²) in [5, 5.41) is 0. The van der Waals surface area contributed by atoms with E-state index in [9.17, 15) is 0 Å². The summed E-state index contributed by atoms with van der Waals surface area (Å²) in [6.07, 6.45) is 3.99. The van der Waals surface area contributed by atoms with Gasteiger partial charge >= 0.3 is 0 Å². The smallest absolute Gasteiger partial charge is 0.0690 e.